The maximum absolute atomic E-state index is 9.27. The zero-order valence-corrected chi connectivity index (χ0v) is 16.4. The summed E-state index contributed by atoms with van der Waals surface area (Å²) in [4.78, 5) is 11.0. The number of nitrogens with zero attached hydrogens (tertiary/aromatic N) is 6. The molecule has 0 radical (unpaired) electrons. The number of ether oxygens (including phenoxy) is 2. The van der Waals surface area contributed by atoms with Crippen molar-refractivity contribution in [3.63, 3.8) is 0 Å². The van der Waals surface area contributed by atoms with Crippen molar-refractivity contribution in [3.8, 4) is 28.4 Å². The number of anilines is 1. The summed E-state index contributed by atoms with van der Waals surface area (Å²) in [6.07, 6.45) is 4.21. The first kappa shape index (κ1) is 19.2. The summed E-state index contributed by atoms with van der Waals surface area (Å²) in [7, 11) is 0. The normalized spacial score (nSPS) is 13.9. The number of nitrogens with two attached hydrogens (primary N) is 1. The lowest BCUT2D eigenvalue weighted by Crippen LogP contribution is -2.36. The van der Waals surface area contributed by atoms with Crippen LogP contribution in [-0.2, 0) is 11.2 Å². The molecule has 4 rings (SSSR count). The molecule has 0 spiro atoms. The Morgan fingerprint density at radius 3 is 2.72 bits per heavy atom. The Labute approximate surface area is 171 Å². The first-order chi connectivity index (χ1) is 14.3. The minimum Gasteiger partial charge on any atom is -0.429 e. The van der Waals surface area contributed by atoms with E-state index in [1.165, 1.54) is 11.3 Å². The highest BCUT2D eigenvalue weighted by Gasteiger charge is 2.18. The maximum atomic E-state index is 9.27. The first-order valence-electron chi connectivity index (χ1n) is 9.16. The van der Waals surface area contributed by atoms with E-state index in [2.05, 4.69) is 31.1 Å². The molecule has 2 N–H and O–H groups in total. The van der Waals surface area contributed by atoms with Gasteiger partial charge in [-0.3, -0.25) is 0 Å². The van der Waals surface area contributed by atoms with Crippen LogP contribution in [0.3, 0.4) is 0 Å². The van der Waals surface area contributed by atoms with Crippen molar-refractivity contribution in [1.29, 1.82) is 5.26 Å². The summed E-state index contributed by atoms with van der Waals surface area (Å²) >= 11 is 1.35. The molecule has 3 heterocycles. The third-order valence-electron chi connectivity index (χ3n) is 4.36. The Morgan fingerprint density at radius 2 is 2.00 bits per heavy atom. The van der Waals surface area contributed by atoms with Gasteiger partial charge in [0.05, 0.1) is 30.4 Å². The molecule has 1 saturated heterocycles. The molecule has 9 nitrogen and oxygen atoms in total. The van der Waals surface area contributed by atoms with Gasteiger partial charge in [-0.15, -0.1) is 5.10 Å². The van der Waals surface area contributed by atoms with Crippen molar-refractivity contribution in [2.75, 3.05) is 37.7 Å². The first-order valence-corrected chi connectivity index (χ1v) is 9.98. The molecule has 1 aromatic carbocycles. The molecule has 2 aromatic heterocycles. The van der Waals surface area contributed by atoms with Crippen LogP contribution >= 0.6 is 11.3 Å². The summed E-state index contributed by atoms with van der Waals surface area (Å²) in [5.74, 6) is 0.962. The molecule has 1 aliphatic heterocycles. The van der Waals surface area contributed by atoms with E-state index in [0.29, 0.717) is 54.1 Å². The fourth-order valence-electron chi connectivity index (χ4n) is 2.87. The fraction of sp³-hybridized carbons (Fsp3) is 0.316. The molecule has 0 saturated carbocycles. The summed E-state index contributed by atoms with van der Waals surface area (Å²) in [5, 5.41) is 18.8. The van der Waals surface area contributed by atoms with Gasteiger partial charge in [-0.25, -0.2) is 9.97 Å². The minimum absolute atomic E-state index is 0.391. The molecule has 3 aromatic rings. The maximum Gasteiger partial charge on any atom is 0.301 e. The van der Waals surface area contributed by atoms with Gasteiger partial charge in [-0.05, 0) is 48.1 Å². The van der Waals surface area contributed by atoms with Crippen LogP contribution in [0.1, 0.15) is 11.1 Å². The largest absolute Gasteiger partial charge is 0.429 e. The predicted octanol–water partition coefficient (Wildman–Crippen LogP) is 2.00. The van der Waals surface area contributed by atoms with Gasteiger partial charge in [-0.2, -0.15) is 5.26 Å². The Hall–Kier alpha value is -3.13. The van der Waals surface area contributed by atoms with Crippen molar-refractivity contribution in [2.45, 2.75) is 6.42 Å². The molecular weight excluding hydrogens is 390 g/mol. The summed E-state index contributed by atoms with van der Waals surface area (Å²) in [6.45, 7) is 3.42. The van der Waals surface area contributed by atoms with Gasteiger partial charge in [0.25, 0.3) is 0 Å². The van der Waals surface area contributed by atoms with Crippen LogP contribution in [-0.4, -0.2) is 53.0 Å². The van der Waals surface area contributed by atoms with Gasteiger partial charge in [-0.1, -0.05) is 5.10 Å². The van der Waals surface area contributed by atoms with Crippen LogP contribution < -0.4 is 15.4 Å². The molecule has 0 bridgehead atoms. The van der Waals surface area contributed by atoms with Crippen LogP contribution in [0.4, 0.5) is 5.13 Å². The van der Waals surface area contributed by atoms with Crippen LogP contribution in [0.5, 0.6) is 10.9 Å². The van der Waals surface area contributed by atoms with E-state index in [1.54, 1.807) is 30.6 Å². The number of hydrogen-bond donors (Lipinski definition) is 1. The summed E-state index contributed by atoms with van der Waals surface area (Å²) in [6, 6.07) is 7.26. The smallest absolute Gasteiger partial charge is 0.301 e. The third-order valence-corrected chi connectivity index (χ3v) is 5.23. The zero-order chi connectivity index (χ0) is 20.1. The topological polar surface area (TPSA) is 123 Å². The van der Waals surface area contributed by atoms with Crippen LogP contribution in [0, 0.1) is 11.3 Å². The van der Waals surface area contributed by atoms with Gasteiger partial charge >= 0.3 is 5.19 Å². The van der Waals surface area contributed by atoms with E-state index >= 15 is 0 Å². The van der Waals surface area contributed by atoms with E-state index in [9.17, 15) is 5.26 Å². The van der Waals surface area contributed by atoms with E-state index in [4.69, 9.17) is 15.2 Å². The molecule has 29 heavy (non-hydrogen) atoms. The number of benzene rings is 1. The molecule has 1 fully saturated rings. The third kappa shape index (κ3) is 4.48. The van der Waals surface area contributed by atoms with Gasteiger partial charge in [0, 0.05) is 25.5 Å². The van der Waals surface area contributed by atoms with Crippen molar-refractivity contribution >= 4 is 16.5 Å². The number of morpholine rings is 1. The molecule has 0 amide bonds. The standard InChI is InChI=1S/C19H19N7O2S/c20-4-3-14-11-22-17(23-12-14)15-2-1-13(10-21)9-16(15)28-19-25-24-18(29-19)26-5-7-27-8-6-26/h1-2,9,11-12H,3-8,20H2. The number of nitriles is 1. The van der Waals surface area contributed by atoms with Crippen LogP contribution in [0.2, 0.25) is 0 Å². The lowest BCUT2D eigenvalue weighted by Gasteiger charge is -2.25. The number of hydrogen-bond acceptors (Lipinski definition) is 10. The number of aromatic nitrogens is 4. The van der Waals surface area contributed by atoms with Crippen LogP contribution in [0.15, 0.2) is 30.6 Å². The highest BCUT2D eigenvalue weighted by Crippen LogP contribution is 2.35. The van der Waals surface area contributed by atoms with Gasteiger partial charge in [0.15, 0.2) is 5.82 Å². The molecule has 1 aliphatic rings. The second kappa shape index (κ2) is 8.91. The molecule has 10 heteroatoms. The number of rotatable bonds is 6. The fourth-order valence-corrected chi connectivity index (χ4v) is 3.63. The molecule has 0 aliphatic carbocycles. The Balaban J connectivity index is 1.61. The molecule has 0 atom stereocenters. The van der Waals surface area contributed by atoms with Crippen LogP contribution in [0.25, 0.3) is 11.4 Å². The van der Waals surface area contributed by atoms with E-state index in [0.717, 1.165) is 23.8 Å². The Kier molecular flexibility index (Phi) is 5.90. The second-order valence-electron chi connectivity index (χ2n) is 6.33. The average molecular weight is 409 g/mol. The van der Waals surface area contributed by atoms with Gasteiger partial charge < -0.3 is 20.1 Å². The van der Waals surface area contributed by atoms with Crippen molar-refractivity contribution < 1.29 is 9.47 Å². The average Bonchev–Trinajstić information content (AvgIpc) is 3.24. The second-order valence-corrected chi connectivity index (χ2v) is 7.25. The van der Waals surface area contributed by atoms with Crippen molar-refractivity contribution in [3.05, 3.63) is 41.7 Å². The van der Waals surface area contributed by atoms with Gasteiger partial charge in [0.2, 0.25) is 5.13 Å². The molecule has 0 unspecified atom stereocenters. The SMILES string of the molecule is N#Cc1ccc(-c2ncc(CCN)cn2)c(Oc2nnc(N3CCOCC3)s2)c1. The summed E-state index contributed by atoms with van der Waals surface area (Å²) < 4.78 is 11.4. The lowest BCUT2D eigenvalue weighted by atomic mass is 10.1. The van der Waals surface area contributed by atoms with E-state index in [-0.39, 0.29) is 0 Å². The highest BCUT2D eigenvalue weighted by molar-refractivity contribution is 7.17. The zero-order valence-electron chi connectivity index (χ0n) is 15.6. The van der Waals surface area contributed by atoms with E-state index < -0.39 is 0 Å². The lowest BCUT2D eigenvalue weighted by molar-refractivity contribution is 0.122. The summed E-state index contributed by atoms with van der Waals surface area (Å²) in [5.41, 5.74) is 7.69. The predicted molar refractivity (Wildman–Crippen MR) is 108 cm³/mol. The monoisotopic (exact) mass is 409 g/mol. The molecular formula is C19H19N7O2S. The Morgan fingerprint density at radius 1 is 1.21 bits per heavy atom. The van der Waals surface area contributed by atoms with Gasteiger partial charge in [0.1, 0.15) is 5.75 Å². The Bertz CT molecular complexity index is 1010. The van der Waals surface area contributed by atoms with Crippen molar-refractivity contribution in [1.82, 2.24) is 20.2 Å². The quantitative estimate of drug-likeness (QED) is 0.651. The van der Waals surface area contributed by atoms with Crippen molar-refractivity contribution in [2.24, 2.45) is 5.73 Å². The minimum atomic E-state index is 0.391. The molecule has 148 valence electrons. The highest BCUT2D eigenvalue weighted by atomic mass is 32.1. The van der Waals surface area contributed by atoms with E-state index in [1.807, 2.05) is 0 Å².